The predicted molar refractivity (Wildman–Crippen MR) is 133 cm³/mol. The number of aromatic nitrogens is 6. The number of carbonyl (C=O) groups is 1. The van der Waals surface area contributed by atoms with E-state index in [0.717, 1.165) is 52.9 Å². The maximum Gasteiger partial charge on any atom is 0.252 e. The Labute approximate surface area is 202 Å². The minimum atomic E-state index is -0.129. The van der Waals surface area contributed by atoms with E-state index >= 15 is 0 Å². The van der Waals surface area contributed by atoms with Gasteiger partial charge in [-0.3, -0.25) is 9.36 Å². The number of nitrogens with zero attached hydrogens (tertiary/aromatic N) is 6. The average molecular weight is 474 g/mol. The highest BCUT2D eigenvalue weighted by molar-refractivity contribution is 7.99. The van der Waals surface area contributed by atoms with E-state index in [0.29, 0.717) is 11.8 Å². The van der Waals surface area contributed by atoms with Crippen LogP contribution in [0.25, 0.3) is 11.6 Å². The van der Waals surface area contributed by atoms with E-state index < -0.39 is 0 Å². The summed E-state index contributed by atoms with van der Waals surface area (Å²) in [6, 6.07) is 14.0. The molecule has 0 unspecified atom stereocenters. The number of thioether (sulfide) groups is 1. The average Bonchev–Trinajstić information content (AvgIpc) is 3.37. The second kappa shape index (κ2) is 9.42. The molecule has 8 nitrogen and oxygen atoms in total. The first-order valence-electron chi connectivity index (χ1n) is 11.5. The summed E-state index contributed by atoms with van der Waals surface area (Å²) in [6.45, 7) is 5.71. The van der Waals surface area contributed by atoms with Gasteiger partial charge in [0, 0.05) is 28.8 Å². The molecule has 174 valence electrons. The highest BCUT2D eigenvalue weighted by Gasteiger charge is 2.22. The number of nitrogens with one attached hydrogen (secondary N) is 1. The van der Waals surface area contributed by atoms with Crippen LogP contribution in [-0.4, -0.2) is 41.0 Å². The van der Waals surface area contributed by atoms with Gasteiger partial charge in [0.2, 0.25) is 5.91 Å². The van der Waals surface area contributed by atoms with Crippen molar-refractivity contribution >= 4 is 23.5 Å². The van der Waals surface area contributed by atoms with Crippen molar-refractivity contribution in [2.24, 2.45) is 0 Å². The molecule has 0 radical (unpaired) electrons. The van der Waals surface area contributed by atoms with Gasteiger partial charge in [-0.15, -0.1) is 0 Å². The van der Waals surface area contributed by atoms with Crippen LogP contribution in [-0.2, 0) is 17.6 Å². The SMILES string of the molecule is Cc1cc(C)nc(-n2nc(C)cc2NC(=O)CSc2nc3c(n2-c2ccccc2)CCCC3)n1. The van der Waals surface area contributed by atoms with Crippen molar-refractivity contribution < 1.29 is 4.79 Å². The topological polar surface area (TPSA) is 90.5 Å². The lowest BCUT2D eigenvalue weighted by molar-refractivity contribution is -0.113. The first-order valence-corrected chi connectivity index (χ1v) is 12.4. The van der Waals surface area contributed by atoms with Gasteiger partial charge in [-0.1, -0.05) is 30.0 Å². The molecule has 0 spiro atoms. The first-order chi connectivity index (χ1) is 16.5. The normalized spacial score (nSPS) is 13.0. The molecule has 4 aromatic rings. The van der Waals surface area contributed by atoms with E-state index in [9.17, 15) is 4.79 Å². The van der Waals surface area contributed by atoms with E-state index in [2.05, 4.69) is 37.1 Å². The standard InChI is InChI=1S/C25H27N7OS/c1-16-13-17(2)27-24(26-16)32-22(14-18(3)30-32)29-23(33)15-34-25-28-20-11-7-8-12-21(20)31(25)19-9-5-4-6-10-19/h4-6,9-10,13-14H,7-8,11-12,15H2,1-3H3,(H,29,33). The van der Waals surface area contributed by atoms with Crippen LogP contribution < -0.4 is 5.32 Å². The number of anilines is 1. The predicted octanol–water partition coefficient (Wildman–Crippen LogP) is 4.38. The Bertz CT molecular complexity index is 1320. The Morgan fingerprint density at radius 2 is 1.71 bits per heavy atom. The number of carbonyl (C=O) groups excluding carboxylic acids is 1. The van der Waals surface area contributed by atoms with Crippen LogP contribution in [0.5, 0.6) is 0 Å². The van der Waals surface area contributed by atoms with Gasteiger partial charge in [-0.2, -0.15) is 9.78 Å². The van der Waals surface area contributed by atoms with Crippen LogP contribution in [0, 0.1) is 20.8 Å². The summed E-state index contributed by atoms with van der Waals surface area (Å²) in [4.78, 5) is 26.8. The van der Waals surface area contributed by atoms with Crippen LogP contribution in [0.3, 0.4) is 0 Å². The summed E-state index contributed by atoms with van der Waals surface area (Å²) in [7, 11) is 0. The van der Waals surface area contributed by atoms with E-state index in [1.54, 1.807) is 4.68 Å². The summed E-state index contributed by atoms with van der Waals surface area (Å²) < 4.78 is 3.80. The van der Waals surface area contributed by atoms with Crippen molar-refractivity contribution in [1.29, 1.82) is 0 Å². The monoisotopic (exact) mass is 473 g/mol. The van der Waals surface area contributed by atoms with Crippen LogP contribution >= 0.6 is 11.8 Å². The van der Waals surface area contributed by atoms with Crippen molar-refractivity contribution in [3.8, 4) is 11.6 Å². The lowest BCUT2D eigenvalue weighted by atomic mass is 10.0. The van der Waals surface area contributed by atoms with E-state index in [1.165, 1.54) is 23.9 Å². The second-order valence-corrected chi connectivity index (χ2v) is 9.48. The third kappa shape index (κ3) is 4.61. The van der Waals surface area contributed by atoms with Gasteiger partial charge >= 0.3 is 0 Å². The van der Waals surface area contributed by atoms with Crippen LogP contribution in [0.4, 0.5) is 5.82 Å². The Hall–Kier alpha value is -3.46. The Kier molecular flexibility index (Phi) is 6.19. The third-order valence-electron chi connectivity index (χ3n) is 5.71. The zero-order valence-electron chi connectivity index (χ0n) is 19.6. The molecule has 0 saturated carbocycles. The number of amides is 1. The Morgan fingerprint density at radius 3 is 2.47 bits per heavy atom. The molecule has 0 aliphatic heterocycles. The van der Waals surface area contributed by atoms with Crippen molar-refractivity contribution in [2.45, 2.75) is 51.6 Å². The highest BCUT2D eigenvalue weighted by Crippen LogP contribution is 2.30. The van der Waals surface area contributed by atoms with Crippen molar-refractivity contribution in [3.05, 3.63) is 70.9 Å². The number of rotatable bonds is 6. The van der Waals surface area contributed by atoms with E-state index in [-0.39, 0.29) is 11.7 Å². The maximum absolute atomic E-state index is 13.0. The zero-order chi connectivity index (χ0) is 23.7. The van der Waals surface area contributed by atoms with Gasteiger partial charge < -0.3 is 5.32 Å². The first kappa shape index (κ1) is 22.3. The fourth-order valence-electron chi connectivity index (χ4n) is 4.31. The molecule has 0 fully saturated rings. The van der Waals surface area contributed by atoms with Crippen LogP contribution in [0.1, 0.15) is 41.3 Å². The van der Waals surface area contributed by atoms with Crippen molar-refractivity contribution in [3.63, 3.8) is 0 Å². The zero-order valence-corrected chi connectivity index (χ0v) is 20.4. The number of hydrogen-bond acceptors (Lipinski definition) is 6. The van der Waals surface area contributed by atoms with Gasteiger partial charge in [0.05, 0.1) is 17.1 Å². The number of para-hydroxylation sites is 1. The smallest absolute Gasteiger partial charge is 0.252 e. The van der Waals surface area contributed by atoms with Crippen LogP contribution in [0.2, 0.25) is 0 Å². The molecule has 0 atom stereocenters. The van der Waals surface area contributed by atoms with Crippen LogP contribution in [0.15, 0.2) is 47.6 Å². The molecule has 1 aliphatic rings. The molecule has 1 aromatic carbocycles. The summed E-state index contributed by atoms with van der Waals surface area (Å²) in [6.07, 6.45) is 4.33. The van der Waals surface area contributed by atoms with Gasteiger partial charge in [-0.05, 0) is 64.7 Å². The molecule has 3 heterocycles. The summed E-state index contributed by atoms with van der Waals surface area (Å²) in [5, 5.41) is 8.33. The Morgan fingerprint density at radius 1 is 0.971 bits per heavy atom. The molecule has 1 amide bonds. The number of benzene rings is 1. The number of imidazole rings is 1. The van der Waals surface area contributed by atoms with E-state index in [4.69, 9.17) is 4.98 Å². The molecule has 5 rings (SSSR count). The van der Waals surface area contributed by atoms with Gasteiger partial charge in [0.1, 0.15) is 5.82 Å². The molecule has 1 N–H and O–H groups in total. The van der Waals surface area contributed by atoms with Gasteiger partial charge in [0.25, 0.3) is 5.95 Å². The summed E-state index contributed by atoms with van der Waals surface area (Å²) in [5.41, 5.74) is 5.97. The van der Waals surface area contributed by atoms with Gasteiger partial charge in [-0.25, -0.2) is 15.0 Å². The number of fused-ring (bicyclic) bond motifs is 1. The minimum Gasteiger partial charge on any atom is -0.310 e. The Balaban J connectivity index is 1.36. The second-order valence-electron chi connectivity index (χ2n) is 8.54. The minimum absolute atomic E-state index is 0.129. The lowest BCUT2D eigenvalue weighted by Crippen LogP contribution is -2.18. The van der Waals surface area contributed by atoms with Gasteiger partial charge in [0.15, 0.2) is 5.16 Å². The fourth-order valence-corrected chi connectivity index (χ4v) is 5.16. The van der Waals surface area contributed by atoms with E-state index in [1.807, 2.05) is 51.1 Å². The fraction of sp³-hybridized carbons (Fsp3) is 0.320. The third-order valence-corrected chi connectivity index (χ3v) is 6.65. The quantitative estimate of drug-likeness (QED) is 0.418. The maximum atomic E-state index is 13.0. The largest absolute Gasteiger partial charge is 0.310 e. The molecule has 9 heteroatoms. The van der Waals surface area contributed by atoms with Crippen molar-refractivity contribution in [2.75, 3.05) is 11.1 Å². The summed E-state index contributed by atoms with van der Waals surface area (Å²) in [5.74, 6) is 1.11. The molecular formula is C25H27N7OS. The molecule has 1 aliphatic carbocycles. The molecule has 34 heavy (non-hydrogen) atoms. The molecular weight excluding hydrogens is 446 g/mol. The lowest BCUT2D eigenvalue weighted by Gasteiger charge is -2.15. The van der Waals surface area contributed by atoms with Crippen molar-refractivity contribution in [1.82, 2.24) is 29.3 Å². The number of hydrogen-bond donors (Lipinski definition) is 1. The molecule has 0 saturated heterocycles. The number of aryl methyl sites for hydroxylation is 4. The summed E-state index contributed by atoms with van der Waals surface area (Å²) >= 11 is 1.46. The molecule has 3 aromatic heterocycles. The molecule has 0 bridgehead atoms. The highest BCUT2D eigenvalue weighted by atomic mass is 32.2.